The second-order valence-corrected chi connectivity index (χ2v) is 9.57. The Morgan fingerprint density at radius 2 is 1.89 bits per heavy atom. The molecule has 2 rings (SSSR count). The molecule has 0 aromatic heterocycles. The Kier molecular flexibility index (Phi) is 3.24. The van der Waals surface area contributed by atoms with E-state index in [9.17, 15) is 8.78 Å². The number of alkyl halides is 2. The molecule has 0 saturated heterocycles. The van der Waals surface area contributed by atoms with Crippen LogP contribution in [0.2, 0.25) is 19.6 Å². The molecule has 0 amide bonds. The number of halogens is 2. The van der Waals surface area contributed by atoms with E-state index < -0.39 is 20.7 Å². The molecular formula is C12H13F2NO3Si. The molecule has 0 radical (unpaired) electrons. The van der Waals surface area contributed by atoms with E-state index in [1.807, 2.05) is 25.7 Å². The number of benzene rings is 1. The predicted molar refractivity (Wildman–Crippen MR) is 65.4 cm³/mol. The predicted octanol–water partition coefficient (Wildman–Crippen LogP) is 3.42. The summed E-state index contributed by atoms with van der Waals surface area (Å²) in [6.45, 7) is 5.83. The lowest BCUT2D eigenvalue weighted by molar-refractivity contribution is -0.286. The van der Waals surface area contributed by atoms with Crippen molar-refractivity contribution in [2.75, 3.05) is 0 Å². The highest BCUT2D eigenvalue weighted by Gasteiger charge is 2.43. The first-order chi connectivity index (χ1) is 8.70. The molecule has 1 aromatic carbocycles. The first-order valence-corrected chi connectivity index (χ1v) is 9.08. The summed E-state index contributed by atoms with van der Waals surface area (Å²) < 4.78 is 40.1. The van der Waals surface area contributed by atoms with E-state index in [-0.39, 0.29) is 11.5 Å². The van der Waals surface area contributed by atoms with Gasteiger partial charge >= 0.3 is 6.29 Å². The van der Waals surface area contributed by atoms with Crippen molar-refractivity contribution in [2.45, 2.75) is 32.0 Å². The molecule has 0 N–H and O–H groups in total. The molecule has 1 aromatic rings. The van der Waals surface area contributed by atoms with Crippen LogP contribution >= 0.6 is 0 Å². The molecule has 1 aliphatic heterocycles. The fourth-order valence-electron chi connectivity index (χ4n) is 1.65. The van der Waals surface area contributed by atoms with Crippen LogP contribution in [0.4, 0.5) is 8.78 Å². The van der Waals surface area contributed by atoms with Gasteiger partial charge in [0.15, 0.2) is 25.9 Å². The van der Waals surface area contributed by atoms with Crippen molar-refractivity contribution in [1.82, 2.24) is 0 Å². The summed E-state index contributed by atoms with van der Waals surface area (Å²) in [4.78, 5) is 0. The van der Waals surface area contributed by atoms with Gasteiger partial charge < -0.3 is 13.9 Å². The maximum atomic E-state index is 12.9. The average Bonchev–Trinajstić information content (AvgIpc) is 2.57. The molecule has 19 heavy (non-hydrogen) atoms. The second kappa shape index (κ2) is 4.47. The second-order valence-electron chi connectivity index (χ2n) is 5.11. The molecular weight excluding hydrogens is 272 g/mol. The van der Waals surface area contributed by atoms with Crippen LogP contribution in [-0.4, -0.2) is 14.6 Å². The van der Waals surface area contributed by atoms with Crippen molar-refractivity contribution in [3.63, 3.8) is 0 Å². The van der Waals surface area contributed by atoms with Crippen LogP contribution in [-0.2, 0) is 4.43 Å². The van der Waals surface area contributed by atoms with E-state index >= 15 is 0 Å². The number of nitrogens with zero attached hydrogens (tertiary/aromatic N) is 1. The fourth-order valence-corrected chi connectivity index (χ4v) is 2.55. The molecule has 102 valence electrons. The summed E-state index contributed by atoms with van der Waals surface area (Å²) in [7, 11) is -1.92. The van der Waals surface area contributed by atoms with Gasteiger partial charge in [0.05, 0.1) is 6.07 Å². The van der Waals surface area contributed by atoms with Crippen molar-refractivity contribution >= 4 is 8.32 Å². The van der Waals surface area contributed by atoms with Gasteiger partial charge in [0, 0.05) is 0 Å². The van der Waals surface area contributed by atoms with Gasteiger partial charge in [0.2, 0.25) is 0 Å². The van der Waals surface area contributed by atoms with Crippen molar-refractivity contribution in [3.8, 4) is 17.6 Å². The van der Waals surface area contributed by atoms with Crippen LogP contribution in [0.25, 0.3) is 0 Å². The van der Waals surface area contributed by atoms with Gasteiger partial charge in [-0.3, -0.25) is 0 Å². The summed E-state index contributed by atoms with van der Waals surface area (Å²) in [6.07, 6.45) is -4.45. The molecule has 0 saturated carbocycles. The molecule has 1 heterocycles. The number of rotatable bonds is 3. The lowest BCUT2D eigenvalue weighted by Gasteiger charge is -2.21. The van der Waals surface area contributed by atoms with Crippen LogP contribution in [0.3, 0.4) is 0 Å². The van der Waals surface area contributed by atoms with E-state index in [0.29, 0.717) is 5.56 Å². The third-order valence-electron chi connectivity index (χ3n) is 2.32. The molecule has 1 aliphatic rings. The Hall–Kier alpha value is -1.65. The molecule has 1 unspecified atom stereocenters. The Labute approximate surface area is 110 Å². The van der Waals surface area contributed by atoms with Gasteiger partial charge in [-0.1, -0.05) is 6.07 Å². The van der Waals surface area contributed by atoms with E-state index in [1.54, 1.807) is 0 Å². The highest BCUT2D eigenvalue weighted by molar-refractivity contribution is 6.69. The number of fused-ring (bicyclic) bond motifs is 1. The molecule has 0 fully saturated rings. The fraction of sp³-hybridized carbons (Fsp3) is 0.417. The number of ether oxygens (including phenoxy) is 2. The standard InChI is InChI=1S/C12H13F2NO3Si/c1-19(2,3)18-11(7-15)8-4-5-9-10(6-8)17-12(13,14)16-9/h4-6,11H,1-3H3. The summed E-state index contributed by atoms with van der Waals surface area (Å²) in [5.41, 5.74) is 0.477. The largest absolute Gasteiger partial charge is 0.586 e. The Bertz CT molecular complexity index is 537. The number of hydrogen-bond acceptors (Lipinski definition) is 4. The quantitative estimate of drug-likeness (QED) is 0.798. The molecule has 7 heteroatoms. The van der Waals surface area contributed by atoms with Crippen LogP contribution in [0.1, 0.15) is 11.7 Å². The molecule has 0 bridgehead atoms. The number of nitriles is 1. The summed E-state index contributed by atoms with van der Waals surface area (Å²) >= 11 is 0. The smallest absolute Gasteiger partial charge is 0.399 e. The average molecular weight is 285 g/mol. The van der Waals surface area contributed by atoms with E-state index in [1.165, 1.54) is 18.2 Å². The maximum Gasteiger partial charge on any atom is 0.586 e. The van der Waals surface area contributed by atoms with Gasteiger partial charge in [-0.2, -0.15) is 5.26 Å². The molecule has 1 atom stereocenters. The zero-order valence-electron chi connectivity index (χ0n) is 10.7. The van der Waals surface area contributed by atoms with Gasteiger partial charge in [-0.05, 0) is 37.3 Å². The lowest BCUT2D eigenvalue weighted by atomic mass is 10.1. The van der Waals surface area contributed by atoms with Crippen molar-refractivity contribution in [3.05, 3.63) is 23.8 Å². The van der Waals surface area contributed by atoms with Gasteiger partial charge in [0.1, 0.15) is 0 Å². The zero-order valence-corrected chi connectivity index (χ0v) is 11.7. The normalized spacial score (nSPS) is 17.9. The first-order valence-electron chi connectivity index (χ1n) is 5.67. The Morgan fingerprint density at radius 1 is 1.26 bits per heavy atom. The monoisotopic (exact) mass is 285 g/mol. The van der Waals surface area contributed by atoms with Crippen molar-refractivity contribution in [2.24, 2.45) is 0 Å². The minimum atomic E-state index is -3.65. The topological polar surface area (TPSA) is 51.5 Å². The Balaban J connectivity index is 2.26. The first kappa shape index (κ1) is 13.8. The van der Waals surface area contributed by atoms with E-state index in [0.717, 1.165) is 0 Å². The van der Waals surface area contributed by atoms with Gasteiger partial charge in [-0.25, -0.2) is 0 Å². The Morgan fingerprint density at radius 3 is 2.47 bits per heavy atom. The van der Waals surface area contributed by atoms with Crippen molar-refractivity contribution in [1.29, 1.82) is 5.26 Å². The SMILES string of the molecule is C[Si](C)(C)OC(C#N)c1ccc2c(c1)OC(F)(F)O2. The summed E-state index contributed by atoms with van der Waals surface area (Å²) in [5.74, 6) is -0.125. The zero-order chi connectivity index (χ0) is 14.3. The van der Waals surface area contributed by atoms with Crippen molar-refractivity contribution < 1.29 is 22.7 Å². The summed E-state index contributed by atoms with van der Waals surface area (Å²) in [5, 5.41) is 9.12. The van der Waals surface area contributed by atoms with E-state index in [4.69, 9.17) is 9.69 Å². The van der Waals surface area contributed by atoms with Crippen LogP contribution in [0, 0.1) is 11.3 Å². The molecule has 0 aliphatic carbocycles. The molecule has 0 spiro atoms. The van der Waals surface area contributed by atoms with Crippen LogP contribution in [0.15, 0.2) is 18.2 Å². The maximum absolute atomic E-state index is 12.9. The minimum absolute atomic E-state index is 0.0431. The third-order valence-corrected chi connectivity index (χ3v) is 3.26. The number of hydrogen-bond donors (Lipinski definition) is 0. The van der Waals surface area contributed by atoms with Crippen LogP contribution in [0.5, 0.6) is 11.5 Å². The summed E-state index contributed by atoms with van der Waals surface area (Å²) in [6, 6.07) is 6.24. The van der Waals surface area contributed by atoms with Crippen LogP contribution < -0.4 is 9.47 Å². The molecule has 4 nitrogen and oxygen atoms in total. The van der Waals surface area contributed by atoms with Gasteiger partial charge in [-0.15, -0.1) is 8.78 Å². The van der Waals surface area contributed by atoms with E-state index in [2.05, 4.69) is 9.47 Å². The highest BCUT2D eigenvalue weighted by Crippen LogP contribution is 2.42. The third kappa shape index (κ3) is 3.22. The highest BCUT2D eigenvalue weighted by atomic mass is 28.4. The minimum Gasteiger partial charge on any atom is -0.399 e. The lowest BCUT2D eigenvalue weighted by Crippen LogP contribution is -2.27. The van der Waals surface area contributed by atoms with Gasteiger partial charge in [0.25, 0.3) is 0 Å².